The Balaban J connectivity index is 1.60. The molecule has 1 aliphatic heterocycles. The monoisotopic (exact) mass is 349 g/mol. The number of carbonyl (C=O) groups is 1. The van der Waals surface area contributed by atoms with Gasteiger partial charge in [0, 0.05) is 31.0 Å². The normalized spacial score (nSPS) is 15.3. The minimum Gasteiger partial charge on any atom is -0.507 e. The van der Waals surface area contributed by atoms with Gasteiger partial charge in [0.05, 0.1) is 0 Å². The molecule has 126 valence electrons. The number of hydrogen-bond acceptors (Lipinski definition) is 3. The summed E-state index contributed by atoms with van der Waals surface area (Å²) < 4.78 is 19.7. The Morgan fingerprint density at radius 2 is 1.83 bits per heavy atom. The van der Waals surface area contributed by atoms with E-state index in [1.807, 2.05) is 0 Å². The third-order valence-corrected chi connectivity index (χ3v) is 4.30. The number of halogens is 2. The molecule has 1 amide bonds. The van der Waals surface area contributed by atoms with E-state index in [0.717, 1.165) is 5.75 Å². The fourth-order valence-corrected chi connectivity index (χ4v) is 2.89. The van der Waals surface area contributed by atoms with Gasteiger partial charge in [0.15, 0.2) is 0 Å². The van der Waals surface area contributed by atoms with E-state index in [1.165, 1.54) is 18.2 Å². The van der Waals surface area contributed by atoms with Gasteiger partial charge >= 0.3 is 0 Å². The molecule has 2 aromatic rings. The van der Waals surface area contributed by atoms with Gasteiger partial charge in [-0.3, -0.25) is 4.79 Å². The van der Waals surface area contributed by atoms with Gasteiger partial charge in [-0.05, 0) is 36.4 Å². The summed E-state index contributed by atoms with van der Waals surface area (Å²) >= 11 is 5.84. The molecule has 6 heteroatoms. The Morgan fingerprint density at radius 1 is 1.17 bits per heavy atom. The minimum absolute atomic E-state index is 0.00978. The molecule has 0 unspecified atom stereocenters. The number of phenols is 1. The summed E-state index contributed by atoms with van der Waals surface area (Å²) in [5, 5.41) is 10.4. The lowest BCUT2D eigenvalue weighted by Crippen LogP contribution is -2.42. The Kier molecular flexibility index (Phi) is 4.90. The number of likely N-dealkylation sites (tertiary alicyclic amines) is 1. The Labute approximate surface area is 144 Å². The summed E-state index contributed by atoms with van der Waals surface area (Å²) in [5.41, 5.74) is -0.269. The molecule has 0 atom stereocenters. The molecule has 4 nitrogen and oxygen atoms in total. The van der Waals surface area contributed by atoms with E-state index in [0.29, 0.717) is 31.0 Å². The molecule has 0 radical (unpaired) electrons. The molecule has 0 spiro atoms. The Morgan fingerprint density at radius 3 is 2.46 bits per heavy atom. The number of ether oxygens (including phenoxy) is 1. The quantitative estimate of drug-likeness (QED) is 0.915. The summed E-state index contributed by atoms with van der Waals surface area (Å²) in [7, 11) is 0. The highest BCUT2D eigenvalue weighted by Gasteiger charge is 2.27. The van der Waals surface area contributed by atoms with Crippen molar-refractivity contribution < 1.29 is 19.0 Å². The average molecular weight is 350 g/mol. The first kappa shape index (κ1) is 16.6. The molecular weight excluding hydrogens is 333 g/mol. The van der Waals surface area contributed by atoms with Gasteiger partial charge in [0.1, 0.15) is 29.0 Å². The number of amides is 1. The molecule has 1 aliphatic rings. The second kappa shape index (κ2) is 7.09. The van der Waals surface area contributed by atoms with Crippen LogP contribution in [0, 0.1) is 5.82 Å². The summed E-state index contributed by atoms with van der Waals surface area (Å²) in [5.74, 6) is -0.800. The van der Waals surface area contributed by atoms with Crippen LogP contribution < -0.4 is 4.74 Å². The van der Waals surface area contributed by atoms with Crippen molar-refractivity contribution in [2.24, 2.45) is 0 Å². The van der Waals surface area contributed by atoms with E-state index in [-0.39, 0.29) is 17.4 Å². The van der Waals surface area contributed by atoms with E-state index < -0.39 is 11.7 Å². The van der Waals surface area contributed by atoms with Crippen molar-refractivity contribution in [2.45, 2.75) is 18.9 Å². The van der Waals surface area contributed by atoms with Gasteiger partial charge in [-0.25, -0.2) is 4.39 Å². The number of benzene rings is 2. The van der Waals surface area contributed by atoms with Crippen molar-refractivity contribution in [3.63, 3.8) is 0 Å². The first-order valence-electron chi connectivity index (χ1n) is 7.73. The summed E-state index contributed by atoms with van der Waals surface area (Å²) in [6.45, 7) is 0.899. The molecule has 0 saturated carbocycles. The SMILES string of the molecule is O=C(c1c(O)cccc1F)N1CCC(Oc2ccc(Cl)cc2)CC1. The molecule has 1 N–H and O–H groups in total. The van der Waals surface area contributed by atoms with Crippen LogP contribution in [0.5, 0.6) is 11.5 Å². The topological polar surface area (TPSA) is 49.8 Å². The number of aromatic hydroxyl groups is 1. The van der Waals surface area contributed by atoms with Gasteiger partial charge in [-0.2, -0.15) is 0 Å². The lowest BCUT2D eigenvalue weighted by Gasteiger charge is -2.32. The van der Waals surface area contributed by atoms with Crippen LogP contribution in [-0.4, -0.2) is 35.1 Å². The van der Waals surface area contributed by atoms with E-state index in [4.69, 9.17) is 16.3 Å². The molecule has 0 bridgehead atoms. The van der Waals surface area contributed by atoms with Crippen LogP contribution in [0.3, 0.4) is 0 Å². The Hall–Kier alpha value is -2.27. The third kappa shape index (κ3) is 3.62. The van der Waals surface area contributed by atoms with Gasteiger partial charge < -0.3 is 14.7 Å². The van der Waals surface area contributed by atoms with Crippen LogP contribution in [0.2, 0.25) is 5.02 Å². The zero-order chi connectivity index (χ0) is 17.1. The first-order valence-corrected chi connectivity index (χ1v) is 8.11. The van der Waals surface area contributed by atoms with Crippen LogP contribution in [-0.2, 0) is 0 Å². The summed E-state index contributed by atoms with van der Waals surface area (Å²) in [4.78, 5) is 14.0. The lowest BCUT2D eigenvalue weighted by atomic mass is 10.1. The highest BCUT2D eigenvalue weighted by atomic mass is 35.5. The second-order valence-electron chi connectivity index (χ2n) is 5.70. The highest BCUT2D eigenvalue weighted by molar-refractivity contribution is 6.30. The summed E-state index contributed by atoms with van der Waals surface area (Å²) in [6.07, 6.45) is 1.28. The van der Waals surface area contributed by atoms with Crippen molar-refractivity contribution in [3.05, 3.63) is 58.9 Å². The van der Waals surface area contributed by atoms with Crippen molar-refractivity contribution >= 4 is 17.5 Å². The van der Waals surface area contributed by atoms with E-state index >= 15 is 0 Å². The first-order chi connectivity index (χ1) is 11.5. The van der Waals surface area contributed by atoms with Crippen LogP contribution in [0.25, 0.3) is 0 Å². The van der Waals surface area contributed by atoms with Crippen LogP contribution >= 0.6 is 11.6 Å². The zero-order valence-corrected chi connectivity index (χ0v) is 13.7. The largest absolute Gasteiger partial charge is 0.507 e. The maximum Gasteiger partial charge on any atom is 0.260 e. The molecule has 0 aromatic heterocycles. The third-order valence-electron chi connectivity index (χ3n) is 4.05. The lowest BCUT2D eigenvalue weighted by molar-refractivity contribution is 0.0588. The highest BCUT2D eigenvalue weighted by Crippen LogP contribution is 2.25. The molecule has 2 aromatic carbocycles. The molecule has 0 aliphatic carbocycles. The average Bonchev–Trinajstić information content (AvgIpc) is 2.57. The van der Waals surface area contributed by atoms with E-state index in [9.17, 15) is 14.3 Å². The molecule has 1 heterocycles. The molecule has 24 heavy (non-hydrogen) atoms. The van der Waals surface area contributed by atoms with Crippen molar-refractivity contribution in [3.8, 4) is 11.5 Å². The predicted molar refractivity (Wildman–Crippen MR) is 89.1 cm³/mol. The fraction of sp³-hybridized carbons (Fsp3) is 0.278. The van der Waals surface area contributed by atoms with Crippen LogP contribution in [0.4, 0.5) is 4.39 Å². The Bertz CT molecular complexity index is 707. The number of hydrogen-bond donors (Lipinski definition) is 1. The smallest absolute Gasteiger partial charge is 0.260 e. The molecule has 1 fully saturated rings. The van der Waals surface area contributed by atoms with Gasteiger partial charge in [-0.15, -0.1) is 0 Å². The number of phenolic OH excluding ortho intramolecular Hbond substituents is 1. The van der Waals surface area contributed by atoms with Crippen molar-refractivity contribution in [1.29, 1.82) is 0 Å². The second-order valence-corrected chi connectivity index (χ2v) is 6.13. The molecular formula is C18H17ClFNO3. The van der Waals surface area contributed by atoms with Gasteiger partial charge in [0.2, 0.25) is 0 Å². The maximum atomic E-state index is 13.8. The maximum absolute atomic E-state index is 13.8. The van der Waals surface area contributed by atoms with E-state index in [1.54, 1.807) is 29.2 Å². The molecule has 3 rings (SSSR count). The van der Waals surface area contributed by atoms with Gasteiger partial charge in [-0.1, -0.05) is 17.7 Å². The molecule has 1 saturated heterocycles. The standard InChI is InChI=1S/C18H17ClFNO3/c19-12-4-6-13(7-5-12)24-14-8-10-21(11-9-14)18(23)17-15(20)2-1-3-16(17)22/h1-7,14,22H,8-11H2. The number of rotatable bonds is 3. The number of carbonyl (C=O) groups excluding carboxylic acids is 1. The van der Waals surface area contributed by atoms with Crippen molar-refractivity contribution in [2.75, 3.05) is 13.1 Å². The van der Waals surface area contributed by atoms with Gasteiger partial charge in [0.25, 0.3) is 5.91 Å². The number of piperidine rings is 1. The van der Waals surface area contributed by atoms with Crippen LogP contribution in [0.1, 0.15) is 23.2 Å². The fourth-order valence-electron chi connectivity index (χ4n) is 2.76. The number of nitrogens with zero attached hydrogens (tertiary/aromatic N) is 1. The van der Waals surface area contributed by atoms with Crippen LogP contribution in [0.15, 0.2) is 42.5 Å². The zero-order valence-electron chi connectivity index (χ0n) is 12.9. The summed E-state index contributed by atoms with van der Waals surface area (Å²) in [6, 6.07) is 11.0. The predicted octanol–water partition coefficient (Wildman–Crippen LogP) is 3.87. The van der Waals surface area contributed by atoms with E-state index in [2.05, 4.69) is 0 Å². The minimum atomic E-state index is -0.709. The van der Waals surface area contributed by atoms with Crippen molar-refractivity contribution in [1.82, 2.24) is 4.90 Å².